The summed E-state index contributed by atoms with van der Waals surface area (Å²) in [6.45, 7) is 6.07. The number of aliphatic hydroxyl groups excluding tert-OH is 1. The highest BCUT2D eigenvalue weighted by Crippen LogP contribution is 2.16. The van der Waals surface area contributed by atoms with E-state index in [9.17, 15) is 0 Å². The monoisotopic (exact) mass is 210 g/mol. The molecule has 0 radical (unpaired) electrons. The van der Waals surface area contributed by atoms with Gasteiger partial charge in [0, 0.05) is 11.5 Å². The van der Waals surface area contributed by atoms with Crippen molar-refractivity contribution in [2.45, 2.75) is 32.6 Å². The van der Waals surface area contributed by atoms with Gasteiger partial charge in [0.25, 0.3) is 0 Å². The summed E-state index contributed by atoms with van der Waals surface area (Å²) < 4.78 is 0. The largest absolute Gasteiger partial charge is 0.393 e. The van der Waals surface area contributed by atoms with Crippen LogP contribution in [-0.4, -0.2) is 17.0 Å². The molecule has 0 unspecified atom stereocenters. The van der Waals surface area contributed by atoms with Crippen molar-refractivity contribution < 1.29 is 5.11 Å². The van der Waals surface area contributed by atoms with Crippen LogP contribution in [0, 0.1) is 13.8 Å². The molecule has 1 aromatic rings. The standard InChI is InChI=1S/C12H18OS/c1-9-4-10(2)6-12(5-9)8-14-7-11(3)13/h4-6,11,13H,7-8H2,1-3H3/t11-/m0/s1. The van der Waals surface area contributed by atoms with E-state index in [0.29, 0.717) is 0 Å². The van der Waals surface area contributed by atoms with E-state index in [1.165, 1.54) is 16.7 Å². The van der Waals surface area contributed by atoms with Crippen molar-refractivity contribution in [3.05, 3.63) is 34.9 Å². The number of benzene rings is 1. The van der Waals surface area contributed by atoms with Gasteiger partial charge in [0.1, 0.15) is 0 Å². The number of aliphatic hydroxyl groups is 1. The predicted molar refractivity (Wildman–Crippen MR) is 63.8 cm³/mol. The highest BCUT2D eigenvalue weighted by Gasteiger charge is 1.99. The van der Waals surface area contributed by atoms with Crippen molar-refractivity contribution >= 4 is 11.8 Å². The lowest BCUT2D eigenvalue weighted by atomic mass is 10.1. The van der Waals surface area contributed by atoms with E-state index in [1.54, 1.807) is 11.8 Å². The average molecular weight is 210 g/mol. The molecule has 0 aliphatic heterocycles. The maximum Gasteiger partial charge on any atom is 0.0602 e. The van der Waals surface area contributed by atoms with Crippen LogP contribution in [0.15, 0.2) is 18.2 Å². The Bertz CT molecular complexity index is 274. The first-order valence-corrected chi connectivity index (χ1v) is 6.06. The lowest BCUT2D eigenvalue weighted by Crippen LogP contribution is -2.02. The van der Waals surface area contributed by atoms with E-state index >= 15 is 0 Å². The second-order valence-electron chi connectivity index (χ2n) is 3.86. The van der Waals surface area contributed by atoms with Crippen LogP contribution in [0.4, 0.5) is 0 Å². The van der Waals surface area contributed by atoms with Gasteiger partial charge in [0.15, 0.2) is 0 Å². The van der Waals surface area contributed by atoms with Gasteiger partial charge in [0.05, 0.1) is 6.10 Å². The first kappa shape index (κ1) is 11.6. The molecule has 0 amide bonds. The van der Waals surface area contributed by atoms with Crippen LogP contribution < -0.4 is 0 Å². The molecule has 1 atom stereocenters. The highest BCUT2D eigenvalue weighted by molar-refractivity contribution is 7.98. The normalized spacial score (nSPS) is 12.9. The third-order valence-electron chi connectivity index (χ3n) is 1.91. The summed E-state index contributed by atoms with van der Waals surface area (Å²) in [4.78, 5) is 0. The minimum atomic E-state index is -0.203. The number of hydrogen-bond donors (Lipinski definition) is 1. The third-order valence-corrected chi connectivity index (χ3v) is 3.16. The Balaban J connectivity index is 2.50. The van der Waals surface area contributed by atoms with Crippen LogP contribution >= 0.6 is 11.8 Å². The minimum Gasteiger partial charge on any atom is -0.393 e. The van der Waals surface area contributed by atoms with Crippen LogP contribution in [-0.2, 0) is 5.75 Å². The molecule has 1 rings (SSSR count). The van der Waals surface area contributed by atoms with Gasteiger partial charge < -0.3 is 5.11 Å². The van der Waals surface area contributed by atoms with Crippen LogP contribution in [0.25, 0.3) is 0 Å². The van der Waals surface area contributed by atoms with Gasteiger partial charge in [-0.2, -0.15) is 11.8 Å². The van der Waals surface area contributed by atoms with Crippen molar-refractivity contribution in [1.29, 1.82) is 0 Å². The Kier molecular flexibility index (Phi) is 4.49. The Hall–Kier alpha value is -0.470. The van der Waals surface area contributed by atoms with Gasteiger partial charge in [0.2, 0.25) is 0 Å². The zero-order valence-electron chi connectivity index (χ0n) is 9.08. The zero-order chi connectivity index (χ0) is 10.6. The zero-order valence-corrected chi connectivity index (χ0v) is 9.90. The Morgan fingerprint density at radius 3 is 2.29 bits per heavy atom. The molecule has 0 heterocycles. The topological polar surface area (TPSA) is 20.2 Å². The Morgan fingerprint density at radius 1 is 1.21 bits per heavy atom. The fourth-order valence-electron chi connectivity index (χ4n) is 1.50. The predicted octanol–water partition coefficient (Wildman–Crippen LogP) is 2.92. The van der Waals surface area contributed by atoms with Crippen LogP contribution in [0.5, 0.6) is 0 Å². The summed E-state index contributed by atoms with van der Waals surface area (Å²) in [5, 5.41) is 9.12. The third kappa shape index (κ3) is 4.16. The summed E-state index contributed by atoms with van der Waals surface area (Å²) in [6.07, 6.45) is -0.203. The molecule has 0 bridgehead atoms. The van der Waals surface area contributed by atoms with Gasteiger partial charge in [-0.3, -0.25) is 0 Å². The molecule has 0 fully saturated rings. The molecule has 1 nitrogen and oxygen atoms in total. The van der Waals surface area contributed by atoms with Gasteiger partial charge in [-0.15, -0.1) is 0 Å². The van der Waals surface area contributed by atoms with Gasteiger partial charge >= 0.3 is 0 Å². The van der Waals surface area contributed by atoms with E-state index < -0.39 is 0 Å². The molecular formula is C12H18OS. The van der Waals surface area contributed by atoms with E-state index in [2.05, 4.69) is 32.0 Å². The van der Waals surface area contributed by atoms with Gasteiger partial charge in [-0.1, -0.05) is 29.3 Å². The molecule has 1 aromatic carbocycles. The maximum atomic E-state index is 9.12. The number of hydrogen-bond acceptors (Lipinski definition) is 2. The summed E-state index contributed by atoms with van der Waals surface area (Å²) in [7, 11) is 0. The number of aryl methyl sites for hydroxylation is 2. The number of rotatable bonds is 4. The Morgan fingerprint density at radius 2 is 1.79 bits per heavy atom. The van der Waals surface area contributed by atoms with Crippen molar-refractivity contribution in [2.24, 2.45) is 0 Å². The molecule has 0 saturated carbocycles. The molecular weight excluding hydrogens is 192 g/mol. The number of thioether (sulfide) groups is 1. The first-order chi connectivity index (χ1) is 6.58. The summed E-state index contributed by atoms with van der Waals surface area (Å²) in [5.41, 5.74) is 3.99. The average Bonchev–Trinajstić information content (AvgIpc) is 2.01. The van der Waals surface area contributed by atoms with Gasteiger partial charge in [-0.05, 0) is 26.3 Å². The van der Waals surface area contributed by atoms with E-state index in [0.717, 1.165) is 11.5 Å². The molecule has 0 aromatic heterocycles. The van der Waals surface area contributed by atoms with Crippen LogP contribution in [0.1, 0.15) is 23.6 Å². The molecule has 1 N–H and O–H groups in total. The second-order valence-corrected chi connectivity index (χ2v) is 4.89. The smallest absolute Gasteiger partial charge is 0.0602 e. The quantitative estimate of drug-likeness (QED) is 0.824. The fraction of sp³-hybridized carbons (Fsp3) is 0.500. The van der Waals surface area contributed by atoms with Crippen molar-refractivity contribution in [2.75, 3.05) is 5.75 Å². The SMILES string of the molecule is Cc1cc(C)cc(CSC[C@H](C)O)c1. The van der Waals surface area contributed by atoms with E-state index in [4.69, 9.17) is 5.11 Å². The lowest BCUT2D eigenvalue weighted by molar-refractivity contribution is 0.220. The second kappa shape index (κ2) is 5.42. The van der Waals surface area contributed by atoms with Crippen molar-refractivity contribution in [3.8, 4) is 0 Å². The summed E-state index contributed by atoms with van der Waals surface area (Å²) in [6, 6.07) is 6.60. The van der Waals surface area contributed by atoms with E-state index in [-0.39, 0.29) is 6.10 Å². The fourth-order valence-corrected chi connectivity index (χ4v) is 2.36. The summed E-state index contributed by atoms with van der Waals surface area (Å²) >= 11 is 1.78. The van der Waals surface area contributed by atoms with Gasteiger partial charge in [-0.25, -0.2) is 0 Å². The molecule has 0 spiro atoms. The molecule has 0 saturated heterocycles. The summed E-state index contributed by atoms with van der Waals surface area (Å²) in [5.74, 6) is 1.81. The molecule has 0 aliphatic rings. The molecule has 2 heteroatoms. The van der Waals surface area contributed by atoms with Crippen LogP contribution in [0.3, 0.4) is 0 Å². The maximum absolute atomic E-state index is 9.12. The molecule has 0 aliphatic carbocycles. The van der Waals surface area contributed by atoms with E-state index in [1.807, 2.05) is 6.92 Å². The highest BCUT2D eigenvalue weighted by atomic mass is 32.2. The lowest BCUT2D eigenvalue weighted by Gasteiger charge is -2.06. The van der Waals surface area contributed by atoms with Crippen molar-refractivity contribution in [1.82, 2.24) is 0 Å². The minimum absolute atomic E-state index is 0.203. The first-order valence-electron chi connectivity index (χ1n) is 4.91. The molecule has 14 heavy (non-hydrogen) atoms. The van der Waals surface area contributed by atoms with Crippen molar-refractivity contribution in [3.63, 3.8) is 0 Å². The Labute approximate surface area is 90.5 Å². The molecule has 78 valence electrons. The van der Waals surface area contributed by atoms with Crippen LogP contribution in [0.2, 0.25) is 0 Å².